The standard InChI is InChI=1S/C10H15N3O4/c1-2-17-6-9(14)11-3-4-13-5-8(10(15)16)12-7-13/h5,7H,2-4,6H2,1H3,(H,11,14)(H,15,16). The number of carboxylic acid groups (broad SMARTS) is 1. The summed E-state index contributed by atoms with van der Waals surface area (Å²) in [5, 5.41) is 11.3. The van der Waals surface area contributed by atoms with Crippen molar-refractivity contribution in [3.63, 3.8) is 0 Å². The summed E-state index contributed by atoms with van der Waals surface area (Å²) in [5.41, 5.74) is -0.00866. The first-order chi connectivity index (χ1) is 8.13. The third-order valence-electron chi connectivity index (χ3n) is 1.98. The molecule has 0 unspecified atom stereocenters. The summed E-state index contributed by atoms with van der Waals surface area (Å²) < 4.78 is 6.53. The number of carbonyl (C=O) groups is 2. The Kier molecular flexibility index (Phi) is 5.15. The summed E-state index contributed by atoms with van der Waals surface area (Å²) in [4.78, 5) is 25.4. The second kappa shape index (κ2) is 6.64. The largest absolute Gasteiger partial charge is 0.476 e. The predicted molar refractivity (Wildman–Crippen MR) is 58.7 cm³/mol. The highest BCUT2D eigenvalue weighted by atomic mass is 16.5. The van der Waals surface area contributed by atoms with Crippen LogP contribution < -0.4 is 5.32 Å². The lowest BCUT2D eigenvalue weighted by Crippen LogP contribution is -2.30. The average molecular weight is 241 g/mol. The Bertz CT molecular complexity index is 389. The van der Waals surface area contributed by atoms with E-state index in [2.05, 4.69) is 10.3 Å². The normalized spacial score (nSPS) is 10.2. The zero-order chi connectivity index (χ0) is 12.7. The molecule has 0 fully saturated rings. The summed E-state index contributed by atoms with van der Waals surface area (Å²) >= 11 is 0. The van der Waals surface area contributed by atoms with E-state index in [4.69, 9.17) is 9.84 Å². The van der Waals surface area contributed by atoms with Gasteiger partial charge < -0.3 is 19.7 Å². The number of imidazole rings is 1. The number of carbonyl (C=O) groups excluding carboxylic acids is 1. The van der Waals surface area contributed by atoms with Crippen LogP contribution in [0.2, 0.25) is 0 Å². The lowest BCUT2D eigenvalue weighted by Gasteiger charge is -2.05. The van der Waals surface area contributed by atoms with Crippen molar-refractivity contribution in [2.45, 2.75) is 13.5 Å². The van der Waals surface area contributed by atoms with Gasteiger partial charge in [0.1, 0.15) is 6.61 Å². The molecule has 1 aromatic heterocycles. The third kappa shape index (κ3) is 4.64. The van der Waals surface area contributed by atoms with Crippen molar-refractivity contribution in [1.29, 1.82) is 0 Å². The zero-order valence-corrected chi connectivity index (χ0v) is 9.55. The minimum absolute atomic E-state index is 0.00866. The molecular weight excluding hydrogens is 226 g/mol. The van der Waals surface area contributed by atoms with Crippen LogP contribution >= 0.6 is 0 Å². The van der Waals surface area contributed by atoms with Gasteiger partial charge in [0.25, 0.3) is 0 Å². The fourth-order valence-electron chi connectivity index (χ4n) is 1.16. The molecule has 0 saturated carbocycles. The molecule has 0 aliphatic carbocycles. The molecule has 1 rings (SSSR count). The van der Waals surface area contributed by atoms with Gasteiger partial charge in [-0.2, -0.15) is 0 Å². The van der Waals surface area contributed by atoms with Gasteiger partial charge in [0.15, 0.2) is 5.69 Å². The molecule has 0 aliphatic rings. The summed E-state index contributed by atoms with van der Waals surface area (Å²) in [7, 11) is 0. The number of amides is 1. The molecule has 0 aliphatic heterocycles. The van der Waals surface area contributed by atoms with Crippen LogP contribution in [0.1, 0.15) is 17.4 Å². The van der Waals surface area contributed by atoms with Gasteiger partial charge in [0.05, 0.1) is 6.33 Å². The highest BCUT2D eigenvalue weighted by Gasteiger charge is 2.06. The van der Waals surface area contributed by atoms with Crippen LogP contribution in [0, 0.1) is 0 Å². The SMILES string of the molecule is CCOCC(=O)NCCn1cnc(C(=O)O)c1. The number of nitrogens with zero attached hydrogens (tertiary/aromatic N) is 2. The average Bonchev–Trinajstić information content (AvgIpc) is 2.75. The molecule has 1 aromatic rings. The molecule has 0 spiro atoms. The maximum atomic E-state index is 11.2. The van der Waals surface area contributed by atoms with Crippen LogP contribution in [-0.2, 0) is 16.1 Å². The van der Waals surface area contributed by atoms with Gasteiger partial charge in [-0.25, -0.2) is 9.78 Å². The summed E-state index contributed by atoms with van der Waals surface area (Å²) in [6, 6.07) is 0. The van der Waals surface area contributed by atoms with E-state index in [1.165, 1.54) is 12.5 Å². The van der Waals surface area contributed by atoms with Crippen LogP contribution in [0.15, 0.2) is 12.5 Å². The Morgan fingerprint density at radius 2 is 2.35 bits per heavy atom. The van der Waals surface area contributed by atoms with E-state index in [0.29, 0.717) is 19.7 Å². The Balaban J connectivity index is 2.26. The van der Waals surface area contributed by atoms with Crippen LogP contribution in [-0.4, -0.2) is 46.3 Å². The van der Waals surface area contributed by atoms with E-state index in [0.717, 1.165) is 0 Å². The van der Waals surface area contributed by atoms with Crippen LogP contribution in [0.5, 0.6) is 0 Å². The summed E-state index contributed by atoms with van der Waals surface area (Å²) in [6.45, 7) is 3.23. The molecule has 0 atom stereocenters. The van der Waals surface area contributed by atoms with Crippen molar-refractivity contribution in [2.24, 2.45) is 0 Å². The van der Waals surface area contributed by atoms with Crippen LogP contribution in [0.25, 0.3) is 0 Å². The molecule has 7 heteroatoms. The topological polar surface area (TPSA) is 93.5 Å². The molecule has 2 N–H and O–H groups in total. The number of hydrogen-bond acceptors (Lipinski definition) is 4. The van der Waals surface area contributed by atoms with Crippen molar-refractivity contribution in [3.8, 4) is 0 Å². The number of aromatic carboxylic acids is 1. The second-order valence-electron chi connectivity index (χ2n) is 3.29. The monoisotopic (exact) mass is 241 g/mol. The van der Waals surface area contributed by atoms with Crippen molar-refractivity contribution >= 4 is 11.9 Å². The molecule has 17 heavy (non-hydrogen) atoms. The van der Waals surface area contributed by atoms with Crippen LogP contribution in [0.4, 0.5) is 0 Å². The van der Waals surface area contributed by atoms with E-state index >= 15 is 0 Å². The first kappa shape index (κ1) is 13.2. The molecule has 1 amide bonds. The van der Waals surface area contributed by atoms with Gasteiger partial charge in [-0.15, -0.1) is 0 Å². The van der Waals surface area contributed by atoms with E-state index in [1.54, 1.807) is 4.57 Å². The van der Waals surface area contributed by atoms with Gasteiger partial charge >= 0.3 is 5.97 Å². The maximum Gasteiger partial charge on any atom is 0.356 e. The van der Waals surface area contributed by atoms with E-state index < -0.39 is 5.97 Å². The fraction of sp³-hybridized carbons (Fsp3) is 0.500. The first-order valence-electron chi connectivity index (χ1n) is 5.23. The van der Waals surface area contributed by atoms with E-state index in [1.807, 2.05) is 6.92 Å². The fourth-order valence-corrected chi connectivity index (χ4v) is 1.16. The number of nitrogens with one attached hydrogen (secondary N) is 1. The number of hydrogen-bond donors (Lipinski definition) is 2. The maximum absolute atomic E-state index is 11.2. The summed E-state index contributed by atoms with van der Waals surface area (Å²) in [5.74, 6) is -1.26. The summed E-state index contributed by atoms with van der Waals surface area (Å²) in [6.07, 6.45) is 2.83. The van der Waals surface area contributed by atoms with Gasteiger partial charge in [-0.05, 0) is 6.92 Å². The van der Waals surface area contributed by atoms with Crippen molar-refractivity contribution in [2.75, 3.05) is 19.8 Å². The van der Waals surface area contributed by atoms with E-state index in [-0.39, 0.29) is 18.2 Å². The lowest BCUT2D eigenvalue weighted by atomic mass is 10.5. The molecular formula is C10H15N3O4. The molecule has 7 nitrogen and oxygen atoms in total. The van der Waals surface area contributed by atoms with E-state index in [9.17, 15) is 9.59 Å². The highest BCUT2D eigenvalue weighted by Crippen LogP contribution is 1.95. The number of aromatic nitrogens is 2. The minimum atomic E-state index is -1.07. The van der Waals surface area contributed by atoms with Gasteiger partial charge in [-0.1, -0.05) is 0 Å². The van der Waals surface area contributed by atoms with Crippen molar-refractivity contribution in [3.05, 3.63) is 18.2 Å². The quantitative estimate of drug-likeness (QED) is 0.685. The Morgan fingerprint density at radius 1 is 1.59 bits per heavy atom. The Hall–Kier alpha value is -1.89. The molecule has 0 radical (unpaired) electrons. The van der Waals surface area contributed by atoms with Crippen molar-refractivity contribution in [1.82, 2.24) is 14.9 Å². The Labute approximate surface area is 98.4 Å². The zero-order valence-electron chi connectivity index (χ0n) is 9.55. The predicted octanol–water partition coefficient (Wildman–Crippen LogP) is -0.266. The number of carboxylic acids is 1. The van der Waals surface area contributed by atoms with Crippen LogP contribution in [0.3, 0.4) is 0 Å². The Morgan fingerprint density at radius 3 is 2.94 bits per heavy atom. The molecule has 0 saturated heterocycles. The second-order valence-corrected chi connectivity index (χ2v) is 3.29. The molecule has 94 valence electrons. The molecule has 0 aromatic carbocycles. The van der Waals surface area contributed by atoms with Crippen molar-refractivity contribution < 1.29 is 19.4 Å². The number of rotatable bonds is 7. The lowest BCUT2D eigenvalue weighted by molar-refractivity contribution is -0.125. The smallest absolute Gasteiger partial charge is 0.356 e. The molecule has 0 bridgehead atoms. The highest BCUT2D eigenvalue weighted by molar-refractivity contribution is 5.84. The minimum Gasteiger partial charge on any atom is -0.476 e. The number of ether oxygens (including phenoxy) is 1. The van der Waals surface area contributed by atoms with Gasteiger partial charge in [-0.3, -0.25) is 4.79 Å². The van der Waals surface area contributed by atoms with Gasteiger partial charge in [0, 0.05) is 25.9 Å². The molecule has 1 heterocycles. The van der Waals surface area contributed by atoms with Gasteiger partial charge in [0.2, 0.25) is 5.91 Å². The third-order valence-corrected chi connectivity index (χ3v) is 1.98. The first-order valence-corrected chi connectivity index (χ1v) is 5.23.